The lowest BCUT2D eigenvalue weighted by Crippen LogP contribution is -2.54. The molecule has 4 rings (SSSR count). The molecule has 1 aliphatic rings. The van der Waals surface area contributed by atoms with Gasteiger partial charge in [0.1, 0.15) is 12.2 Å². The van der Waals surface area contributed by atoms with Crippen LogP contribution in [-0.2, 0) is 16.2 Å². The normalized spacial score (nSPS) is 14.6. The van der Waals surface area contributed by atoms with Gasteiger partial charge in [-0.05, 0) is 79.1 Å². The van der Waals surface area contributed by atoms with Gasteiger partial charge in [0.2, 0.25) is 0 Å². The van der Waals surface area contributed by atoms with E-state index in [1.807, 2.05) is 13.8 Å². The van der Waals surface area contributed by atoms with E-state index in [2.05, 4.69) is 37.2 Å². The fourth-order valence-electron chi connectivity index (χ4n) is 3.65. The number of amides is 4. The maximum absolute atomic E-state index is 13.3. The lowest BCUT2D eigenvalue weighted by molar-refractivity contribution is -0.122. The first-order valence-electron chi connectivity index (χ1n) is 11.3. The Morgan fingerprint density at radius 2 is 1.66 bits per heavy atom. The van der Waals surface area contributed by atoms with Gasteiger partial charge in [0.05, 0.1) is 22.3 Å². The van der Waals surface area contributed by atoms with Crippen LogP contribution in [0.3, 0.4) is 0 Å². The van der Waals surface area contributed by atoms with E-state index < -0.39 is 17.8 Å². The number of nitrogens with zero attached hydrogens (tertiary/aromatic N) is 1. The third-order valence-corrected chi connectivity index (χ3v) is 7.86. The number of urea groups is 1. The third kappa shape index (κ3) is 6.07. The molecule has 1 saturated heterocycles. The number of halogens is 4. The molecule has 0 unspecified atom stereocenters. The molecule has 3 aromatic carbocycles. The standard InChI is InChI=1S/C27H20Br2Cl2N2O5/c1-3-37-23-11-16(20(29)12-24(23)38-13-15-4-7-21(30)22(31)9-15)10-18-25(34)32-27(36)33(26(18)35)17-5-6-19(28)14(2)8-17/h4-12H,3,13H2,1-2H3,(H,32,34,36)/b18-10+. The Labute approximate surface area is 245 Å². The Bertz CT molecular complexity index is 1490. The molecule has 1 heterocycles. The van der Waals surface area contributed by atoms with Crippen LogP contribution in [-0.4, -0.2) is 24.5 Å². The van der Waals surface area contributed by atoms with Gasteiger partial charge < -0.3 is 9.47 Å². The van der Waals surface area contributed by atoms with Gasteiger partial charge >= 0.3 is 6.03 Å². The molecule has 0 atom stereocenters. The summed E-state index contributed by atoms with van der Waals surface area (Å²) in [7, 11) is 0. The van der Waals surface area contributed by atoms with Crippen LogP contribution in [0.5, 0.6) is 11.5 Å². The Morgan fingerprint density at radius 1 is 0.921 bits per heavy atom. The first kappa shape index (κ1) is 28.2. The van der Waals surface area contributed by atoms with Crippen LogP contribution in [0.4, 0.5) is 10.5 Å². The number of carbonyl (C=O) groups is 3. The second-order valence-electron chi connectivity index (χ2n) is 8.18. The summed E-state index contributed by atoms with van der Waals surface area (Å²) in [4.78, 5) is 39.5. The Balaban J connectivity index is 1.66. The molecule has 0 aromatic heterocycles. The van der Waals surface area contributed by atoms with Gasteiger partial charge in [-0.1, -0.05) is 61.1 Å². The van der Waals surface area contributed by atoms with E-state index in [-0.39, 0.29) is 12.2 Å². The van der Waals surface area contributed by atoms with Gasteiger partial charge in [-0.15, -0.1) is 0 Å². The van der Waals surface area contributed by atoms with Gasteiger partial charge in [-0.3, -0.25) is 14.9 Å². The Kier molecular flexibility index (Phi) is 8.82. The number of imide groups is 2. The fraction of sp³-hybridized carbons (Fsp3) is 0.148. The summed E-state index contributed by atoms with van der Waals surface area (Å²) in [6, 6.07) is 12.7. The lowest BCUT2D eigenvalue weighted by atomic mass is 10.1. The van der Waals surface area contributed by atoms with Crippen molar-refractivity contribution in [1.82, 2.24) is 5.32 Å². The van der Waals surface area contributed by atoms with E-state index in [4.69, 9.17) is 32.7 Å². The smallest absolute Gasteiger partial charge is 0.335 e. The summed E-state index contributed by atoms with van der Waals surface area (Å²) in [5.41, 5.74) is 2.24. The van der Waals surface area contributed by atoms with Gasteiger partial charge in [0.15, 0.2) is 11.5 Å². The molecule has 1 fully saturated rings. The molecule has 0 aliphatic carbocycles. The molecule has 1 N–H and O–H groups in total. The first-order chi connectivity index (χ1) is 18.1. The molecule has 38 heavy (non-hydrogen) atoms. The largest absolute Gasteiger partial charge is 0.490 e. The van der Waals surface area contributed by atoms with E-state index in [9.17, 15) is 14.4 Å². The van der Waals surface area contributed by atoms with Crippen molar-refractivity contribution in [1.29, 1.82) is 0 Å². The topological polar surface area (TPSA) is 84.9 Å². The van der Waals surface area contributed by atoms with Crippen LogP contribution in [0.15, 0.2) is 63.0 Å². The minimum absolute atomic E-state index is 0.203. The molecule has 0 radical (unpaired) electrons. The van der Waals surface area contributed by atoms with Crippen molar-refractivity contribution < 1.29 is 23.9 Å². The molecule has 3 aromatic rings. The molecule has 196 valence electrons. The Morgan fingerprint density at radius 3 is 2.34 bits per heavy atom. The Hall–Kier alpha value is -2.85. The van der Waals surface area contributed by atoms with Gasteiger partial charge in [0.25, 0.3) is 11.8 Å². The number of rotatable bonds is 7. The van der Waals surface area contributed by atoms with E-state index in [0.29, 0.717) is 43.9 Å². The van der Waals surface area contributed by atoms with E-state index in [1.54, 1.807) is 48.5 Å². The van der Waals surface area contributed by atoms with Crippen LogP contribution >= 0.6 is 55.1 Å². The van der Waals surface area contributed by atoms with Crippen molar-refractivity contribution in [2.45, 2.75) is 20.5 Å². The average molecular weight is 683 g/mol. The van der Waals surface area contributed by atoms with Crippen LogP contribution < -0.4 is 19.7 Å². The van der Waals surface area contributed by atoms with Gasteiger partial charge in [0, 0.05) is 8.95 Å². The molecule has 0 bridgehead atoms. The van der Waals surface area contributed by atoms with Crippen molar-refractivity contribution in [3.63, 3.8) is 0 Å². The zero-order valence-electron chi connectivity index (χ0n) is 20.1. The number of aryl methyl sites for hydroxylation is 1. The molecular weight excluding hydrogens is 663 g/mol. The number of barbiturate groups is 1. The molecular formula is C27H20Br2Cl2N2O5. The van der Waals surface area contributed by atoms with Gasteiger partial charge in [-0.25, -0.2) is 9.69 Å². The van der Waals surface area contributed by atoms with E-state index in [0.717, 1.165) is 20.5 Å². The minimum atomic E-state index is -0.820. The number of nitrogens with one attached hydrogen (secondary N) is 1. The predicted molar refractivity (Wildman–Crippen MR) is 154 cm³/mol. The highest BCUT2D eigenvalue weighted by Crippen LogP contribution is 2.36. The summed E-state index contributed by atoms with van der Waals surface area (Å²) < 4.78 is 13.1. The van der Waals surface area contributed by atoms with Crippen LogP contribution in [0.1, 0.15) is 23.6 Å². The van der Waals surface area contributed by atoms with Crippen molar-refractivity contribution in [3.8, 4) is 11.5 Å². The first-order valence-corrected chi connectivity index (χ1v) is 13.6. The average Bonchev–Trinajstić information content (AvgIpc) is 2.86. The monoisotopic (exact) mass is 680 g/mol. The molecule has 1 aliphatic heterocycles. The molecule has 0 spiro atoms. The van der Waals surface area contributed by atoms with Crippen molar-refractivity contribution >= 4 is 84.7 Å². The number of anilines is 1. The number of carbonyl (C=O) groups excluding carboxylic acids is 3. The number of ether oxygens (including phenoxy) is 2. The summed E-state index contributed by atoms with van der Waals surface area (Å²) in [6.45, 7) is 4.21. The quantitative estimate of drug-likeness (QED) is 0.207. The van der Waals surface area contributed by atoms with Crippen LogP contribution in [0.25, 0.3) is 6.08 Å². The number of hydrogen-bond acceptors (Lipinski definition) is 5. The van der Waals surface area contributed by atoms with Gasteiger partial charge in [-0.2, -0.15) is 0 Å². The zero-order chi connectivity index (χ0) is 27.6. The molecule has 11 heteroatoms. The maximum Gasteiger partial charge on any atom is 0.335 e. The fourth-order valence-corrected chi connectivity index (χ4v) is 4.65. The summed E-state index contributed by atoms with van der Waals surface area (Å²) >= 11 is 19.0. The number of benzene rings is 3. The second kappa shape index (κ2) is 11.9. The number of hydrogen-bond donors (Lipinski definition) is 1. The van der Waals surface area contributed by atoms with Crippen LogP contribution in [0.2, 0.25) is 10.0 Å². The lowest BCUT2D eigenvalue weighted by Gasteiger charge is -2.27. The summed E-state index contributed by atoms with van der Waals surface area (Å²) in [5, 5.41) is 3.10. The third-order valence-electron chi connectivity index (χ3n) is 5.54. The van der Waals surface area contributed by atoms with E-state index in [1.165, 1.54) is 6.08 Å². The van der Waals surface area contributed by atoms with E-state index >= 15 is 0 Å². The predicted octanol–water partition coefficient (Wildman–Crippen LogP) is 7.47. The molecule has 0 saturated carbocycles. The molecule has 4 amide bonds. The minimum Gasteiger partial charge on any atom is -0.490 e. The highest BCUT2D eigenvalue weighted by atomic mass is 79.9. The SMILES string of the molecule is CCOc1cc(/C=C2\C(=O)NC(=O)N(c3ccc(Br)c(C)c3)C2=O)c(Br)cc1OCc1ccc(Cl)c(Cl)c1. The van der Waals surface area contributed by atoms with Crippen molar-refractivity contribution in [2.75, 3.05) is 11.5 Å². The highest BCUT2D eigenvalue weighted by molar-refractivity contribution is 9.10. The maximum atomic E-state index is 13.3. The highest BCUT2D eigenvalue weighted by Gasteiger charge is 2.37. The second-order valence-corrected chi connectivity index (χ2v) is 10.7. The van der Waals surface area contributed by atoms with Crippen LogP contribution in [0, 0.1) is 6.92 Å². The summed E-state index contributed by atoms with van der Waals surface area (Å²) in [5.74, 6) is -0.698. The van der Waals surface area contributed by atoms with Crippen molar-refractivity contribution in [2.24, 2.45) is 0 Å². The molecule has 7 nitrogen and oxygen atoms in total. The van der Waals surface area contributed by atoms with Crippen molar-refractivity contribution in [3.05, 3.63) is 89.8 Å². The summed E-state index contributed by atoms with van der Waals surface area (Å²) in [6.07, 6.45) is 1.40. The zero-order valence-corrected chi connectivity index (χ0v) is 24.8.